The zero-order valence-electron chi connectivity index (χ0n) is 22.7. The summed E-state index contributed by atoms with van der Waals surface area (Å²) in [5, 5.41) is 11.7. The summed E-state index contributed by atoms with van der Waals surface area (Å²) in [4.78, 5) is 26.6. The third kappa shape index (κ3) is 5.79. The van der Waals surface area contributed by atoms with E-state index in [-0.39, 0.29) is 36.8 Å². The van der Waals surface area contributed by atoms with Crippen LogP contribution in [0.25, 0.3) is 22.4 Å². The summed E-state index contributed by atoms with van der Waals surface area (Å²) >= 11 is 0. The number of anilines is 1. The molecule has 214 valence electrons. The van der Waals surface area contributed by atoms with Crippen molar-refractivity contribution in [2.75, 3.05) is 18.5 Å². The maximum absolute atomic E-state index is 13.5. The molecule has 0 bridgehead atoms. The van der Waals surface area contributed by atoms with E-state index in [9.17, 15) is 18.4 Å². The Morgan fingerprint density at radius 2 is 1.71 bits per heavy atom. The van der Waals surface area contributed by atoms with Gasteiger partial charge >= 0.3 is 6.09 Å². The SMILES string of the molecule is NC1(c2ccc(-c3nnc(NC(=O)C[C@H]4CC[C@H](N5CCOC5=O)CC4)cc3-c3ccccc3)cc2)CC(F)(F)C1. The van der Waals surface area contributed by atoms with Crippen molar-refractivity contribution in [2.24, 2.45) is 11.7 Å². The Hall–Kier alpha value is -3.92. The first kappa shape index (κ1) is 27.3. The highest BCUT2D eigenvalue weighted by Crippen LogP contribution is 2.50. The van der Waals surface area contributed by atoms with Crippen molar-refractivity contribution >= 4 is 17.8 Å². The van der Waals surface area contributed by atoms with Gasteiger partial charge in [-0.25, -0.2) is 13.6 Å². The number of benzene rings is 2. The van der Waals surface area contributed by atoms with E-state index in [0.717, 1.165) is 42.4 Å². The molecule has 3 N–H and O–H groups in total. The number of halogens is 2. The van der Waals surface area contributed by atoms with Gasteiger partial charge in [0.25, 0.3) is 5.92 Å². The molecule has 2 aromatic carbocycles. The van der Waals surface area contributed by atoms with Gasteiger partial charge in [0.05, 0.1) is 12.1 Å². The number of cyclic esters (lactones) is 1. The van der Waals surface area contributed by atoms with E-state index < -0.39 is 11.5 Å². The van der Waals surface area contributed by atoms with Crippen LogP contribution in [0.2, 0.25) is 0 Å². The average Bonchev–Trinajstić information content (AvgIpc) is 3.38. The number of carbonyl (C=O) groups is 2. The van der Waals surface area contributed by atoms with Gasteiger partial charge < -0.3 is 20.7 Å². The van der Waals surface area contributed by atoms with Crippen molar-refractivity contribution in [3.63, 3.8) is 0 Å². The predicted molar refractivity (Wildman–Crippen MR) is 150 cm³/mol. The minimum Gasteiger partial charge on any atom is -0.448 e. The first-order chi connectivity index (χ1) is 19.7. The van der Waals surface area contributed by atoms with E-state index in [1.807, 2.05) is 53.4 Å². The molecule has 0 atom stereocenters. The second-order valence-electron chi connectivity index (χ2n) is 11.5. The zero-order chi connectivity index (χ0) is 28.6. The number of rotatable bonds is 7. The molecule has 0 unspecified atom stereocenters. The highest BCUT2D eigenvalue weighted by Gasteiger charge is 2.55. The lowest BCUT2D eigenvalue weighted by Gasteiger charge is -2.44. The molecule has 41 heavy (non-hydrogen) atoms. The molecule has 0 radical (unpaired) electrons. The molecular weight excluding hydrogens is 528 g/mol. The monoisotopic (exact) mass is 561 g/mol. The number of hydrogen-bond donors (Lipinski definition) is 2. The molecule has 2 heterocycles. The minimum atomic E-state index is -2.72. The number of nitrogens with one attached hydrogen (secondary N) is 1. The summed E-state index contributed by atoms with van der Waals surface area (Å²) in [6.07, 6.45) is 2.90. The van der Waals surface area contributed by atoms with Crippen LogP contribution in [0.15, 0.2) is 60.7 Å². The summed E-state index contributed by atoms with van der Waals surface area (Å²) in [5.74, 6) is -2.24. The molecule has 2 amide bonds. The Kier molecular flexibility index (Phi) is 7.19. The van der Waals surface area contributed by atoms with Crippen LogP contribution in [0.4, 0.5) is 19.4 Å². The van der Waals surface area contributed by atoms with Crippen LogP contribution in [0.5, 0.6) is 0 Å². The fraction of sp³-hybridized carbons (Fsp3) is 0.419. The molecule has 1 aromatic heterocycles. The van der Waals surface area contributed by atoms with E-state index in [1.165, 1.54) is 0 Å². The van der Waals surface area contributed by atoms with Crippen LogP contribution < -0.4 is 11.1 Å². The van der Waals surface area contributed by atoms with E-state index >= 15 is 0 Å². The molecule has 2 saturated carbocycles. The maximum Gasteiger partial charge on any atom is 0.410 e. The zero-order valence-corrected chi connectivity index (χ0v) is 22.7. The summed E-state index contributed by atoms with van der Waals surface area (Å²) in [5.41, 5.74) is 8.94. The van der Waals surface area contributed by atoms with Crippen molar-refractivity contribution in [1.29, 1.82) is 0 Å². The lowest BCUT2D eigenvalue weighted by molar-refractivity contribution is -0.125. The van der Waals surface area contributed by atoms with Gasteiger partial charge in [-0.05, 0) is 48.8 Å². The Labute approximate surface area is 237 Å². The van der Waals surface area contributed by atoms with Gasteiger partial charge in [-0.1, -0.05) is 54.6 Å². The number of hydrogen-bond acceptors (Lipinski definition) is 6. The molecule has 3 fully saturated rings. The molecule has 3 aromatic rings. The molecule has 0 spiro atoms. The third-order valence-corrected chi connectivity index (χ3v) is 8.55. The highest BCUT2D eigenvalue weighted by molar-refractivity contribution is 5.91. The lowest BCUT2D eigenvalue weighted by atomic mass is 9.70. The molecule has 6 rings (SSSR count). The Balaban J connectivity index is 1.15. The van der Waals surface area contributed by atoms with Crippen LogP contribution in [0, 0.1) is 5.92 Å². The normalized spacial score (nSPS) is 23.0. The van der Waals surface area contributed by atoms with Crippen molar-refractivity contribution in [3.05, 3.63) is 66.2 Å². The maximum atomic E-state index is 13.5. The smallest absolute Gasteiger partial charge is 0.410 e. The van der Waals surface area contributed by atoms with Crippen LogP contribution in [-0.2, 0) is 15.1 Å². The van der Waals surface area contributed by atoms with Gasteiger partial charge in [-0.2, -0.15) is 0 Å². The number of ether oxygens (including phenoxy) is 1. The Bertz CT molecular complexity index is 1420. The molecule has 10 heteroatoms. The van der Waals surface area contributed by atoms with Gasteiger partial charge in [-0.15, -0.1) is 10.2 Å². The Morgan fingerprint density at radius 3 is 2.34 bits per heavy atom. The quantitative estimate of drug-likeness (QED) is 0.381. The predicted octanol–water partition coefficient (Wildman–Crippen LogP) is 5.73. The van der Waals surface area contributed by atoms with Crippen molar-refractivity contribution in [1.82, 2.24) is 15.1 Å². The Morgan fingerprint density at radius 1 is 1.00 bits per heavy atom. The van der Waals surface area contributed by atoms with Crippen molar-refractivity contribution in [3.8, 4) is 22.4 Å². The molecule has 1 aliphatic heterocycles. The second kappa shape index (κ2) is 10.8. The fourth-order valence-electron chi connectivity index (χ4n) is 6.39. The topological polar surface area (TPSA) is 110 Å². The number of nitrogens with two attached hydrogens (primary N) is 1. The van der Waals surface area contributed by atoms with Crippen molar-refractivity contribution in [2.45, 2.75) is 62.4 Å². The van der Waals surface area contributed by atoms with Gasteiger partial charge in [-0.3, -0.25) is 4.79 Å². The summed E-state index contributed by atoms with van der Waals surface area (Å²) in [7, 11) is 0. The first-order valence-electron chi connectivity index (χ1n) is 14.1. The first-order valence-corrected chi connectivity index (χ1v) is 14.1. The number of nitrogens with zero attached hydrogens (tertiary/aromatic N) is 3. The van der Waals surface area contributed by atoms with Crippen LogP contribution in [0.1, 0.15) is 50.5 Å². The van der Waals surface area contributed by atoms with Crippen LogP contribution in [0.3, 0.4) is 0 Å². The minimum absolute atomic E-state index is 0.120. The highest BCUT2D eigenvalue weighted by atomic mass is 19.3. The summed E-state index contributed by atoms with van der Waals surface area (Å²) in [6.45, 7) is 1.09. The average molecular weight is 562 g/mol. The molecule has 8 nitrogen and oxygen atoms in total. The number of aromatic nitrogens is 2. The van der Waals surface area contributed by atoms with Gasteiger partial charge in [0, 0.05) is 36.4 Å². The summed E-state index contributed by atoms with van der Waals surface area (Å²) in [6, 6.07) is 18.9. The molecule has 1 saturated heterocycles. The fourth-order valence-corrected chi connectivity index (χ4v) is 6.39. The molecule has 2 aliphatic carbocycles. The molecule has 3 aliphatic rings. The standard InChI is InChI=1S/C31H33F2N5O3/c32-31(33)18-30(34,19-31)23-10-8-22(9-11-23)28-25(21-4-2-1-3-5-21)17-26(36-37-28)35-27(39)16-20-6-12-24(13-7-20)38-14-15-41-29(38)40/h1-5,8-11,17,20,24H,6-7,12-16,18-19,34H2,(H,35,36,39)/t20-,24-. The largest absolute Gasteiger partial charge is 0.448 e. The van der Waals surface area contributed by atoms with Gasteiger partial charge in [0.1, 0.15) is 12.3 Å². The molecular formula is C31H33F2N5O3. The summed E-state index contributed by atoms with van der Waals surface area (Å²) < 4.78 is 32.1. The second-order valence-corrected chi connectivity index (χ2v) is 11.5. The van der Waals surface area contributed by atoms with E-state index in [1.54, 1.807) is 12.1 Å². The lowest BCUT2D eigenvalue weighted by Crippen LogP contribution is -2.55. The van der Waals surface area contributed by atoms with E-state index in [2.05, 4.69) is 15.5 Å². The van der Waals surface area contributed by atoms with E-state index in [4.69, 9.17) is 10.5 Å². The van der Waals surface area contributed by atoms with Crippen LogP contribution >= 0.6 is 0 Å². The number of carbonyl (C=O) groups excluding carboxylic acids is 2. The number of amides is 2. The van der Waals surface area contributed by atoms with Crippen molar-refractivity contribution < 1.29 is 23.1 Å². The van der Waals surface area contributed by atoms with E-state index in [0.29, 0.717) is 36.6 Å². The van der Waals surface area contributed by atoms with Gasteiger partial charge in [0.15, 0.2) is 5.82 Å². The number of alkyl halides is 2. The van der Waals surface area contributed by atoms with Gasteiger partial charge in [0.2, 0.25) is 5.91 Å². The third-order valence-electron chi connectivity index (χ3n) is 8.55. The van der Waals surface area contributed by atoms with Crippen LogP contribution in [-0.4, -0.2) is 52.2 Å².